The Morgan fingerprint density at radius 3 is 2.44 bits per heavy atom. The van der Waals surface area contributed by atoms with Crippen molar-refractivity contribution in [2.45, 2.75) is 6.18 Å². The fourth-order valence-electron chi connectivity index (χ4n) is 1.09. The summed E-state index contributed by atoms with van der Waals surface area (Å²) in [4.78, 5) is 3.29. The molecule has 0 aliphatic rings. The van der Waals surface area contributed by atoms with Crippen molar-refractivity contribution in [3.63, 3.8) is 0 Å². The summed E-state index contributed by atoms with van der Waals surface area (Å²) < 4.78 is 38.0. The van der Waals surface area contributed by atoms with Crippen molar-refractivity contribution < 1.29 is 13.2 Å². The Morgan fingerprint density at radius 1 is 1.25 bits per heavy atom. The van der Waals surface area contributed by atoms with Gasteiger partial charge in [-0.15, -0.1) is 10.2 Å². The lowest BCUT2D eigenvalue weighted by atomic mass is 10.3. The number of pyridine rings is 1. The summed E-state index contributed by atoms with van der Waals surface area (Å²) in [5.41, 5.74) is -0.594. The first-order valence-corrected chi connectivity index (χ1v) is 4.45. The number of aromatic nitrogens is 4. The molecule has 4 nitrogen and oxygen atoms in total. The van der Waals surface area contributed by atoms with Crippen LogP contribution in [0.2, 0.25) is 5.28 Å². The van der Waals surface area contributed by atoms with Crippen molar-refractivity contribution in [3.05, 3.63) is 35.6 Å². The molecule has 0 N–H and O–H groups in total. The van der Waals surface area contributed by atoms with Gasteiger partial charge in [0.05, 0.1) is 11.9 Å². The molecular weight excluding hydrogens is 245 g/mol. The average molecular weight is 249 g/mol. The van der Waals surface area contributed by atoms with Crippen LogP contribution in [0.15, 0.2) is 24.7 Å². The highest BCUT2D eigenvalue weighted by Gasteiger charge is 2.32. The minimum Gasteiger partial charge on any atom is -0.271 e. The largest absolute Gasteiger partial charge is 0.433 e. The quantitative estimate of drug-likeness (QED) is 0.778. The third kappa shape index (κ3) is 1.99. The maximum atomic E-state index is 12.2. The van der Waals surface area contributed by atoms with Gasteiger partial charge in [0.2, 0.25) is 5.28 Å². The summed E-state index contributed by atoms with van der Waals surface area (Å²) in [6.45, 7) is 0. The number of nitrogens with zero attached hydrogens (tertiary/aromatic N) is 4. The first kappa shape index (κ1) is 10.9. The standard InChI is InChI=1S/C8H4ClF3N4/c9-7-15-14-4-16(7)5-1-2-6(13-3-5)8(10,11)12/h1-4H. The van der Waals surface area contributed by atoms with Gasteiger partial charge in [-0.05, 0) is 23.7 Å². The molecule has 0 unspecified atom stereocenters. The van der Waals surface area contributed by atoms with Crippen LogP contribution in [-0.4, -0.2) is 19.7 Å². The molecule has 0 radical (unpaired) electrons. The Hall–Kier alpha value is -1.63. The Bertz CT molecular complexity index is 491. The first-order valence-electron chi connectivity index (χ1n) is 4.07. The summed E-state index contributed by atoms with van der Waals surface area (Å²) in [5, 5.41) is 7.05. The summed E-state index contributed by atoms with van der Waals surface area (Å²) >= 11 is 5.64. The summed E-state index contributed by atoms with van der Waals surface area (Å²) in [5.74, 6) is 0. The van der Waals surface area contributed by atoms with Crippen LogP contribution in [0.3, 0.4) is 0 Å². The molecule has 2 aromatic heterocycles. The zero-order valence-electron chi connectivity index (χ0n) is 7.61. The van der Waals surface area contributed by atoms with Crippen molar-refractivity contribution in [1.29, 1.82) is 0 Å². The molecule has 0 fully saturated rings. The van der Waals surface area contributed by atoms with Crippen molar-refractivity contribution >= 4 is 11.6 Å². The summed E-state index contributed by atoms with van der Waals surface area (Å²) in [6.07, 6.45) is -2.11. The molecule has 0 amide bonds. The Labute approximate surface area is 92.7 Å². The van der Waals surface area contributed by atoms with E-state index in [9.17, 15) is 13.2 Å². The number of halogens is 4. The van der Waals surface area contributed by atoms with E-state index in [2.05, 4.69) is 15.2 Å². The molecule has 0 spiro atoms. The Kier molecular flexibility index (Phi) is 2.55. The van der Waals surface area contributed by atoms with Gasteiger partial charge in [-0.3, -0.25) is 4.57 Å². The topological polar surface area (TPSA) is 43.6 Å². The SMILES string of the molecule is FC(F)(F)c1ccc(-n2cnnc2Cl)cn1. The van der Waals surface area contributed by atoms with Crippen molar-refractivity contribution in [3.8, 4) is 5.69 Å². The third-order valence-corrected chi connectivity index (χ3v) is 2.08. The van der Waals surface area contributed by atoms with Gasteiger partial charge in [-0.1, -0.05) is 0 Å². The highest BCUT2D eigenvalue weighted by Crippen LogP contribution is 2.27. The molecule has 0 aromatic carbocycles. The Balaban J connectivity index is 2.37. The molecule has 8 heteroatoms. The number of rotatable bonds is 1. The molecule has 2 rings (SSSR count). The molecule has 84 valence electrons. The zero-order valence-corrected chi connectivity index (χ0v) is 8.37. The van der Waals surface area contributed by atoms with Crippen LogP contribution < -0.4 is 0 Å². The number of alkyl halides is 3. The van der Waals surface area contributed by atoms with Gasteiger partial charge in [-0.2, -0.15) is 13.2 Å². The second kappa shape index (κ2) is 3.75. The second-order valence-corrected chi connectivity index (χ2v) is 3.21. The van der Waals surface area contributed by atoms with Gasteiger partial charge in [0.15, 0.2) is 0 Å². The second-order valence-electron chi connectivity index (χ2n) is 2.87. The molecule has 2 heterocycles. The predicted molar refractivity (Wildman–Crippen MR) is 49.2 cm³/mol. The molecular formula is C8H4ClF3N4. The van der Waals surface area contributed by atoms with Gasteiger partial charge in [0.1, 0.15) is 12.0 Å². The normalized spacial score (nSPS) is 11.8. The van der Waals surface area contributed by atoms with E-state index >= 15 is 0 Å². The highest BCUT2D eigenvalue weighted by molar-refractivity contribution is 6.28. The van der Waals surface area contributed by atoms with E-state index in [0.717, 1.165) is 12.3 Å². The fraction of sp³-hybridized carbons (Fsp3) is 0.125. The number of hydrogen-bond donors (Lipinski definition) is 0. The van der Waals surface area contributed by atoms with E-state index in [-0.39, 0.29) is 5.28 Å². The van der Waals surface area contributed by atoms with Gasteiger partial charge >= 0.3 is 6.18 Å². The lowest BCUT2D eigenvalue weighted by Crippen LogP contribution is -2.08. The van der Waals surface area contributed by atoms with Crippen molar-refractivity contribution in [2.24, 2.45) is 0 Å². The molecule has 0 atom stereocenters. The molecule has 0 aliphatic heterocycles. The smallest absolute Gasteiger partial charge is 0.271 e. The average Bonchev–Trinajstić information content (AvgIpc) is 2.63. The maximum absolute atomic E-state index is 12.2. The van der Waals surface area contributed by atoms with Crippen LogP contribution in [0.1, 0.15) is 5.69 Å². The van der Waals surface area contributed by atoms with Crippen LogP contribution in [0, 0.1) is 0 Å². The Morgan fingerprint density at radius 2 is 2.00 bits per heavy atom. The summed E-state index contributed by atoms with van der Waals surface area (Å²) in [6, 6.07) is 2.11. The first-order chi connectivity index (χ1) is 7.48. The van der Waals surface area contributed by atoms with Crippen LogP contribution in [0.25, 0.3) is 5.69 Å². The van der Waals surface area contributed by atoms with Crippen molar-refractivity contribution in [1.82, 2.24) is 19.7 Å². The van der Waals surface area contributed by atoms with Crippen molar-refractivity contribution in [2.75, 3.05) is 0 Å². The van der Waals surface area contributed by atoms with Crippen LogP contribution in [0.4, 0.5) is 13.2 Å². The van der Waals surface area contributed by atoms with Gasteiger partial charge in [0.25, 0.3) is 0 Å². The van der Waals surface area contributed by atoms with E-state index in [1.54, 1.807) is 0 Å². The fourth-order valence-corrected chi connectivity index (χ4v) is 1.28. The molecule has 0 aliphatic carbocycles. The van der Waals surface area contributed by atoms with E-state index in [1.807, 2.05) is 0 Å². The van der Waals surface area contributed by atoms with Crippen LogP contribution >= 0.6 is 11.6 Å². The predicted octanol–water partition coefficient (Wildman–Crippen LogP) is 2.33. The van der Waals surface area contributed by atoms with Gasteiger partial charge in [-0.25, -0.2) is 4.98 Å². The monoisotopic (exact) mass is 248 g/mol. The molecule has 0 saturated carbocycles. The lowest BCUT2D eigenvalue weighted by molar-refractivity contribution is -0.141. The molecule has 16 heavy (non-hydrogen) atoms. The molecule has 0 bridgehead atoms. The van der Waals surface area contributed by atoms with E-state index in [4.69, 9.17) is 11.6 Å². The minimum atomic E-state index is -4.45. The van der Waals surface area contributed by atoms with E-state index < -0.39 is 11.9 Å². The van der Waals surface area contributed by atoms with Crippen LogP contribution in [0.5, 0.6) is 0 Å². The van der Waals surface area contributed by atoms with Crippen LogP contribution in [-0.2, 0) is 6.18 Å². The number of hydrogen-bond acceptors (Lipinski definition) is 3. The molecule has 2 aromatic rings. The third-order valence-electron chi connectivity index (χ3n) is 1.82. The van der Waals surface area contributed by atoms with Gasteiger partial charge < -0.3 is 0 Å². The zero-order chi connectivity index (χ0) is 11.8. The summed E-state index contributed by atoms with van der Waals surface area (Å²) in [7, 11) is 0. The van der Waals surface area contributed by atoms with Gasteiger partial charge in [0, 0.05) is 0 Å². The molecule has 0 saturated heterocycles. The minimum absolute atomic E-state index is 0.0570. The maximum Gasteiger partial charge on any atom is 0.433 e. The lowest BCUT2D eigenvalue weighted by Gasteiger charge is -2.06. The van der Waals surface area contributed by atoms with E-state index in [1.165, 1.54) is 17.0 Å². The highest BCUT2D eigenvalue weighted by atomic mass is 35.5. The van der Waals surface area contributed by atoms with E-state index in [0.29, 0.717) is 5.69 Å².